The van der Waals surface area contributed by atoms with Crippen LogP contribution in [0.4, 0.5) is 5.69 Å². The third kappa shape index (κ3) is 5.42. The summed E-state index contributed by atoms with van der Waals surface area (Å²) in [5, 5.41) is 0. The van der Waals surface area contributed by atoms with E-state index in [-0.39, 0.29) is 0 Å². The molecule has 0 saturated carbocycles. The lowest BCUT2D eigenvalue weighted by Crippen LogP contribution is -2.44. The molecule has 2 aliphatic heterocycles. The number of allylic oxidation sites excluding steroid dienone is 1. The van der Waals surface area contributed by atoms with Crippen LogP contribution in [0.25, 0.3) is 0 Å². The Morgan fingerprint density at radius 2 is 1.79 bits per heavy atom. The molecule has 0 bridgehead atoms. The van der Waals surface area contributed by atoms with E-state index in [1.165, 1.54) is 37.3 Å². The van der Waals surface area contributed by atoms with Crippen molar-refractivity contribution in [3.63, 3.8) is 0 Å². The number of hydrogen-bond donors (Lipinski definition) is 0. The van der Waals surface area contributed by atoms with Crippen molar-refractivity contribution >= 4 is 5.69 Å². The molecule has 0 unspecified atom stereocenters. The van der Waals surface area contributed by atoms with Crippen LogP contribution in [-0.4, -0.2) is 80.3 Å². The maximum atomic E-state index is 6.01. The zero-order valence-electron chi connectivity index (χ0n) is 18.4. The fourth-order valence-electron chi connectivity index (χ4n) is 4.18. The first kappa shape index (κ1) is 21.0. The molecule has 0 atom stereocenters. The van der Waals surface area contributed by atoms with E-state index in [0.29, 0.717) is 6.04 Å². The highest BCUT2D eigenvalue weighted by molar-refractivity contribution is 5.50. The van der Waals surface area contributed by atoms with Gasteiger partial charge in [0.05, 0.1) is 6.67 Å². The maximum absolute atomic E-state index is 6.01. The number of benzene rings is 1. The third-order valence-electron chi connectivity index (χ3n) is 6.17. The Labute approximate surface area is 171 Å². The first-order valence-corrected chi connectivity index (χ1v) is 10.7. The molecule has 1 aromatic rings. The van der Waals surface area contributed by atoms with Crippen molar-refractivity contribution in [1.82, 2.24) is 14.7 Å². The minimum atomic E-state index is 0.518. The van der Waals surface area contributed by atoms with E-state index in [0.717, 1.165) is 38.2 Å². The molecule has 0 spiro atoms. The van der Waals surface area contributed by atoms with Gasteiger partial charge in [0.2, 0.25) is 0 Å². The fraction of sp³-hybridized carbons (Fsp3) is 0.652. The Balaban J connectivity index is 1.44. The summed E-state index contributed by atoms with van der Waals surface area (Å²) < 4.78 is 6.01. The van der Waals surface area contributed by atoms with E-state index in [1.807, 2.05) is 0 Å². The van der Waals surface area contributed by atoms with Crippen molar-refractivity contribution in [2.24, 2.45) is 0 Å². The fourth-order valence-corrected chi connectivity index (χ4v) is 4.18. The third-order valence-corrected chi connectivity index (χ3v) is 6.17. The molecule has 0 N–H and O–H groups in total. The maximum Gasteiger partial charge on any atom is 0.119 e. The van der Waals surface area contributed by atoms with Gasteiger partial charge in [-0.1, -0.05) is 0 Å². The van der Waals surface area contributed by atoms with Crippen molar-refractivity contribution in [1.29, 1.82) is 0 Å². The van der Waals surface area contributed by atoms with Gasteiger partial charge in [-0.25, -0.2) is 0 Å². The van der Waals surface area contributed by atoms with Gasteiger partial charge in [0, 0.05) is 36.6 Å². The molecule has 28 heavy (non-hydrogen) atoms. The summed E-state index contributed by atoms with van der Waals surface area (Å²) in [6.07, 6.45) is 4.84. The minimum Gasteiger partial charge on any atom is -0.492 e. The summed E-state index contributed by atoms with van der Waals surface area (Å²) >= 11 is 0. The standard InChI is InChI=1S/C23H38N4O/c1-19(2)27-18-26(15-10-20(27)3)22-6-8-23(9-7-22)28-17-16-25-13-11-21(12-14-25)24(4)5/h6-10,19,21H,11-18H2,1-5H3. The van der Waals surface area contributed by atoms with Gasteiger partial charge in [0.1, 0.15) is 12.4 Å². The van der Waals surface area contributed by atoms with E-state index < -0.39 is 0 Å². The molecule has 5 nitrogen and oxygen atoms in total. The van der Waals surface area contributed by atoms with Crippen LogP contribution < -0.4 is 9.64 Å². The van der Waals surface area contributed by atoms with Crippen molar-refractivity contribution in [2.75, 3.05) is 58.4 Å². The summed E-state index contributed by atoms with van der Waals surface area (Å²) in [7, 11) is 4.38. The van der Waals surface area contributed by atoms with Crippen LogP contribution in [0.2, 0.25) is 0 Å². The lowest BCUT2D eigenvalue weighted by molar-refractivity contribution is 0.128. The van der Waals surface area contributed by atoms with Crippen molar-refractivity contribution in [3.8, 4) is 5.75 Å². The van der Waals surface area contributed by atoms with Gasteiger partial charge in [-0.3, -0.25) is 4.90 Å². The van der Waals surface area contributed by atoms with Crippen LogP contribution in [0.1, 0.15) is 33.6 Å². The predicted molar refractivity (Wildman–Crippen MR) is 118 cm³/mol. The summed E-state index contributed by atoms with van der Waals surface area (Å²) in [6.45, 7) is 12.8. The van der Waals surface area contributed by atoms with Crippen LogP contribution in [0, 0.1) is 0 Å². The van der Waals surface area contributed by atoms with Gasteiger partial charge in [0.15, 0.2) is 0 Å². The first-order valence-electron chi connectivity index (χ1n) is 10.7. The molecular weight excluding hydrogens is 348 g/mol. The van der Waals surface area contributed by atoms with Gasteiger partial charge >= 0.3 is 0 Å². The Hall–Kier alpha value is -1.72. The number of ether oxygens (including phenoxy) is 1. The molecule has 2 heterocycles. The molecule has 1 aromatic carbocycles. The highest BCUT2D eigenvalue weighted by Crippen LogP contribution is 2.24. The second-order valence-corrected chi connectivity index (χ2v) is 8.65. The van der Waals surface area contributed by atoms with Gasteiger partial charge in [-0.15, -0.1) is 0 Å². The Kier molecular flexibility index (Phi) is 7.24. The second kappa shape index (κ2) is 9.66. The Morgan fingerprint density at radius 3 is 2.39 bits per heavy atom. The number of piperidine rings is 1. The van der Waals surface area contributed by atoms with Crippen molar-refractivity contribution < 1.29 is 4.74 Å². The zero-order valence-corrected chi connectivity index (χ0v) is 18.4. The Morgan fingerprint density at radius 1 is 1.11 bits per heavy atom. The van der Waals surface area contributed by atoms with E-state index in [9.17, 15) is 0 Å². The summed E-state index contributed by atoms with van der Waals surface area (Å²) in [4.78, 5) is 9.73. The molecule has 0 amide bonds. The van der Waals surface area contributed by atoms with E-state index >= 15 is 0 Å². The second-order valence-electron chi connectivity index (χ2n) is 8.65. The molecule has 0 aliphatic carbocycles. The minimum absolute atomic E-state index is 0.518. The number of nitrogens with zero attached hydrogens (tertiary/aromatic N) is 4. The molecular formula is C23H38N4O. The normalized spacial score (nSPS) is 19.5. The molecule has 5 heteroatoms. The van der Waals surface area contributed by atoms with E-state index in [4.69, 9.17) is 4.74 Å². The van der Waals surface area contributed by atoms with Gasteiger partial charge in [-0.2, -0.15) is 0 Å². The van der Waals surface area contributed by atoms with Crippen LogP contribution in [0.5, 0.6) is 5.75 Å². The largest absolute Gasteiger partial charge is 0.492 e. The first-order chi connectivity index (χ1) is 13.4. The molecule has 0 radical (unpaired) electrons. The van der Waals surface area contributed by atoms with E-state index in [1.54, 1.807) is 0 Å². The monoisotopic (exact) mass is 386 g/mol. The highest BCUT2D eigenvalue weighted by Gasteiger charge is 2.21. The lowest BCUT2D eigenvalue weighted by Gasteiger charge is -2.40. The van der Waals surface area contributed by atoms with E-state index in [2.05, 4.69) is 84.8 Å². The highest BCUT2D eigenvalue weighted by atomic mass is 16.5. The predicted octanol–water partition coefficient (Wildman–Crippen LogP) is 3.48. The molecule has 0 aromatic heterocycles. The number of rotatable bonds is 7. The average molecular weight is 387 g/mol. The van der Waals surface area contributed by atoms with Gasteiger partial charge < -0.3 is 19.4 Å². The van der Waals surface area contributed by atoms with Crippen LogP contribution >= 0.6 is 0 Å². The molecule has 3 rings (SSSR count). The van der Waals surface area contributed by atoms with Gasteiger partial charge in [-0.05, 0) is 91.1 Å². The smallest absolute Gasteiger partial charge is 0.119 e. The number of hydrogen-bond acceptors (Lipinski definition) is 5. The van der Waals surface area contributed by atoms with Crippen molar-refractivity contribution in [2.45, 2.75) is 45.7 Å². The summed E-state index contributed by atoms with van der Waals surface area (Å²) in [5.41, 5.74) is 2.63. The quantitative estimate of drug-likeness (QED) is 0.713. The lowest BCUT2D eigenvalue weighted by atomic mass is 10.0. The van der Waals surface area contributed by atoms with Crippen LogP contribution in [-0.2, 0) is 0 Å². The summed E-state index contributed by atoms with van der Waals surface area (Å²) in [5.74, 6) is 0.969. The zero-order chi connectivity index (χ0) is 20.1. The number of likely N-dealkylation sites (tertiary alicyclic amines) is 1. The average Bonchev–Trinajstić information content (AvgIpc) is 2.69. The number of anilines is 1. The summed E-state index contributed by atoms with van der Waals surface area (Å²) in [6, 6.07) is 9.85. The molecule has 1 saturated heterocycles. The Bertz CT molecular complexity index is 633. The van der Waals surface area contributed by atoms with Crippen LogP contribution in [0.3, 0.4) is 0 Å². The van der Waals surface area contributed by atoms with Gasteiger partial charge in [0.25, 0.3) is 0 Å². The van der Waals surface area contributed by atoms with Crippen molar-refractivity contribution in [3.05, 3.63) is 36.0 Å². The molecule has 156 valence electrons. The molecule has 1 fully saturated rings. The van der Waals surface area contributed by atoms with Crippen LogP contribution in [0.15, 0.2) is 36.0 Å². The topological polar surface area (TPSA) is 22.2 Å². The molecule has 2 aliphatic rings. The SMILES string of the molecule is CC1=CCN(c2ccc(OCCN3CCC(N(C)C)CC3)cc2)CN1C(C)C.